The number of benzene rings is 3. The molecule has 6 nitrogen and oxygen atoms in total. The number of hydrogen-bond acceptors (Lipinski definition) is 4. The average Bonchev–Trinajstić information content (AvgIpc) is 2.99. The molecular formula is C28H25N3O3. The summed E-state index contributed by atoms with van der Waals surface area (Å²) >= 11 is 0. The van der Waals surface area contributed by atoms with Gasteiger partial charge in [-0.05, 0) is 79.8 Å². The Hall–Kier alpha value is -4.11. The lowest BCUT2D eigenvalue weighted by molar-refractivity contribution is -0.140. The monoisotopic (exact) mass is 451 g/mol. The van der Waals surface area contributed by atoms with E-state index in [9.17, 15) is 9.59 Å². The number of nitrogens with one attached hydrogen (secondary N) is 1. The van der Waals surface area contributed by atoms with Gasteiger partial charge in [-0.15, -0.1) is 0 Å². The second kappa shape index (κ2) is 9.03. The Bertz CT molecular complexity index is 1290. The number of fused-ring (bicyclic) bond motifs is 2. The van der Waals surface area contributed by atoms with E-state index in [1.807, 2.05) is 29.2 Å². The number of nitriles is 1. The van der Waals surface area contributed by atoms with Crippen molar-refractivity contribution in [3.05, 3.63) is 94.5 Å². The number of rotatable bonds is 3. The van der Waals surface area contributed by atoms with Crippen LogP contribution in [0, 0.1) is 11.3 Å². The zero-order valence-electron chi connectivity index (χ0n) is 19.0. The Morgan fingerprint density at radius 3 is 2.68 bits per heavy atom. The minimum Gasteiger partial charge on any atom is -0.481 e. The van der Waals surface area contributed by atoms with Gasteiger partial charge in [-0.3, -0.25) is 9.59 Å². The molecule has 1 N–H and O–H groups in total. The molecule has 0 spiro atoms. The van der Waals surface area contributed by atoms with E-state index >= 15 is 0 Å². The second-order valence-corrected chi connectivity index (χ2v) is 8.80. The van der Waals surface area contributed by atoms with Gasteiger partial charge in [0.05, 0.1) is 24.2 Å². The molecule has 0 unspecified atom stereocenters. The standard InChI is InChI=1S/C28H25N3O3/c1-18-28(33)31(25-8-4-6-20-5-2-3-7-24(20)25)17-22-15-23(13-14-26(22)34-18)30-27(32)21-11-9-19(16-29)10-12-21/h2-3,5,7,9-15,18,25H,4,6,8,17H2,1H3,(H,30,32)/t18-,25+/m0/s1. The smallest absolute Gasteiger partial charge is 0.264 e. The molecule has 0 aromatic heterocycles. The molecule has 3 aromatic rings. The van der Waals surface area contributed by atoms with Crippen molar-refractivity contribution in [2.24, 2.45) is 0 Å². The van der Waals surface area contributed by atoms with Crippen LogP contribution in [0.4, 0.5) is 5.69 Å². The van der Waals surface area contributed by atoms with E-state index in [1.54, 1.807) is 37.3 Å². The Balaban J connectivity index is 1.42. The van der Waals surface area contributed by atoms with Crippen LogP contribution in [0.2, 0.25) is 0 Å². The van der Waals surface area contributed by atoms with Crippen LogP contribution in [0.1, 0.15) is 58.4 Å². The third-order valence-corrected chi connectivity index (χ3v) is 6.58. The zero-order chi connectivity index (χ0) is 23.7. The summed E-state index contributed by atoms with van der Waals surface area (Å²) < 4.78 is 6.01. The predicted molar refractivity (Wildman–Crippen MR) is 128 cm³/mol. The first-order valence-electron chi connectivity index (χ1n) is 11.5. The predicted octanol–water partition coefficient (Wildman–Crippen LogP) is 5.00. The second-order valence-electron chi connectivity index (χ2n) is 8.80. The van der Waals surface area contributed by atoms with Gasteiger partial charge in [-0.25, -0.2) is 0 Å². The summed E-state index contributed by atoms with van der Waals surface area (Å²) in [4.78, 5) is 28.0. The lowest BCUT2D eigenvalue weighted by Gasteiger charge is -2.35. The summed E-state index contributed by atoms with van der Waals surface area (Å²) in [6.45, 7) is 2.21. The summed E-state index contributed by atoms with van der Waals surface area (Å²) in [6, 6.07) is 22.4. The van der Waals surface area contributed by atoms with Crippen molar-refractivity contribution in [1.82, 2.24) is 4.90 Å². The fourth-order valence-corrected chi connectivity index (χ4v) is 4.85. The van der Waals surface area contributed by atoms with Crippen molar-refractivity contribution in [1.29, 1.82) is 5.26 Å². The zero-order valence-corrected chi connectivity index (χ0v) is 19.0. The van der Waals surface area contributed by atoms with Crippen molar-refractivity contribution in [2.45, 2.75) is 44.9 Å². The molecule has 170 valence electrons. The minimum atomic E-state index is -0.588. The van der Waals surface area contributed by atoms with Gasteiger partial charge in [-0.2, -0.15) is 5.26 Å². The number of anilines is 1. The lowest BCUT2D eigenvalue weighted by atomic mass is 9.86. The normalized spacial score (nSPS) is 19.2. The highest BCUT2D eigenvalue weighted by Gasteiger charge is 2.35. The molecule has 1 heterocycles. The molecular weight excluding hydrogens is 426 g/mol. The first-order chi connectivity index (χ1) is 16.5. The quantitative estimate of drug-likeness (QED) is 0.608. The van der Waals surface area contributed by atoms with Gasteiger partial charge in [0, 0.05) is 16.8 Å². The van der Waals surface area contributed by atoms with Gasteiger partial charge in [-0.1, -0.05) is 24.3 Å². The van der Waals surface area contributed by atoms with E-state index in [1.165, 1.54) is 11.1 Å². The summed E-state index contributed by atoms with van der Waals surface area (Å²) in [5.74, 6) is 0.367. The third-order valence-electron chi connectivity index (χ3n) is 6.58. The molecule has 0 radical (unpaired) electrons. The molecule has 3 aromatic carbocycles. The molecule has 6 heteroatoms. The summed E-state index contributed by atoms with van der Waals surface area (Å²) in [7, 11) is 0. The minimum absolute atomic E-state index is 0.00588. The molecule has 1 aliphatic carbocycles. The van der Waals surface area contributed by atoms with Gasteiger partial charge in [0.25, 0.3) is 11.8 Å². The molecule has 2 aliphatic rings. The van der Waals surface area contributed by atoms with Gasteiger partial charge in [0.1, 0.15) is 5.75 Å². The first kappa shape index (κ1) is 21.7. The van der Waals surface area contributed by atoms with Crippen molar-refractivity contribution < 1.29 is 14.3 Å². The van der Waals surface area contributed by atoms with Crippen LogP contribution in [0.25, 0.3) is 0 Å². The fourth-order valence-electron chi connectivity index (χ4n) is 4.85. The van der Waals surface area contributed by atoms with Gasteiger partial charge in [0.2, 0.25) is 0 Å². The maximum Gasteiger partial charge on any atom is 0.264 e. The van der Waals surface area contributed by atoms with Crippen molar-refractivity contribution >= 4 is 17.5 Å². The molecule has 0 bridgehead atoms. The molecule has 0 fully saturated rings. The fraction of sp³-hybridized carbons (Fsp3) is 0.250. The molecule has 1 aliphatic heterocycles. The van der Waals surface area contributed by atoms with E-state index in [0.29, 0.717) is 29.1 Å². The van der Waals surface area contributed by atoms with Crippen LogP contribution in [0.3, 0.4) is 0 Å². The van der Waals surface area contributed by atoms with E-state index in [2.05, 4.69) is 23.5 Å². The van der Waals surface area contributed by atoms with Crippen molar-refractivity contribution in [3.8, 4) is 11.8 Å². The van der Waals surface area contributed by atoms with E-state index in [0.717, 1.165) is 24.8 Å². The van der Waals surface area contributed by atoms with E-state index in [4.69, 9.17) is 10.00 Å². The largest absolute Gasteiger partial charge is 0.481 e. The van der Waals surface area contributed by atoms with Gasteiger partial charge < -0.3 is 15.0 Å². The molecule has 0 saturated heterocycles. The number of carbonyl (C=O) groups excluding carboxylic acids is 2. The number of nitrogens with zero attached hydrogens (tertiary/aromatic N) is 2. The summed E-state index contributed by atoms with van der Waals surface area (Å²) in [6.07, 6.45) is 2.39. The van der Waals surface area contributed by atoms with Crippen LogP contribution in [0.5, 0.6) is 5.75 Å². The highest BCUT2D eigenvalue weighted by Crippen LogP contribution is 2.38. The van der Waals surface area contributed by atoms with Crippen LogP contribution in [-0.4, -0.2) is 22.8 Å². The molecule has 2 amide bonds. The number of hydrogen-bond donors (Lipinski definition) is 1. The van der Waals surface area contributed by atoms with Crippen LogP contribution in [0.15, 0.2) is 66.7 Å². The van der Waals surface area contributed by atoms with Crippen molar-refractivity contribution in [3.63, 3.8) is 0 Å². The Morgan fingerprint density at radius 1 is 1.09 bits per heavy atom. The molecule has 34 heavy (non-hydrogen) atoms. The topological polar surface area (TPSA) is 82.4 Å². The van der Waals surface area contributed by atoms with Crippen molar-refractivity contribution in [2.75, 3.05) is 5.32 Å². The summed E-state index contributed by atoms with van der Waals surface area (Å²) in [5.41, 5.74) is 4.97. The SMILES string of the molecule is C[C@@H]1Oc2ccc(NC(=O)c3ccc(C#N)cc3)cc2CN([C@@H]2CCCc3ccccc32)C1=O. The summed E-state index contributed by atoms with van der Waals surface area (Å²) in [5, 5.41) is 11.9. The van der Waals surface area contributed by atoms with Gasteiger partial charge >= 0.3 is 0 Å². The molecule has 2 atom stereocenters. The molecule has 5 rings (SSSR count). The number of carbonyl (C=O) groups is 2. The first-order valence-corrected chi connectivity index (χ1v) is 11.5. The number of amides is 2. The number of aryl methyl sites for hydroxylation is 1. The van der Waals surface area contributed by atoms with Crippen LogP contribution in [-0.2, 0) is 17.8 Å². The Kier molecular flexibility index (Phi) is 5.77. The van der Waals surface area contributed by atoms with E-state index in [-0.39, 0.29) is 17.9 Å². The maximum atomic E-state index is 13.3. The maximum absolute atomic E-state index is 13.3. The Morgan fingerprint density at radius 2 is 1.88 bits per heavy atom. The van der Waals surface area contributed by atoms with Crippen LogP contribution >= 0.6 is 0 Å². The van der Waals surface area contributed by atoms with Crippen LogP contribution < -0.4 is 10.1 Å². The average molecular weight is 452 g/mol. The lowest BCUT2D eigenvalue weighted by Crippen LogP contribution is -2.41. The number of ether oxygens (including phenoxy) is 1. The Labute approximate surface area is 198 Å². The molecule has 0 saturated carbocycles. The third kappa shape index (κ3) is 4.13. The van der Waals surface area contributed by atoms with E-state index < -0.39 is 6.10 Å². The highest BCUT2D eigenvalue weighted by atomic mass is 16.5. The highest BCUT2D eigenvalue weighted by molar-refractivity contribution is 6.04. The van der Waals surface area contributed by atoms with Gasteiger partial charge in [0.15, 0.2) is 6.10 Å².